The predicted octanol–water partition coefficient (Wildman–Crippen LogP) is 2.92. The Morgan fingerprint density at radius 2 is 2.05 bits per heavy atom. The van der Waals surface area contributed by atoms with Gasteiger partial charge in [-0.25, -0.2) is 4.79 Å². The highest BCUT2D eigenvalue weighted by atomic mass is 16.7. The molecule has 1 aromatic carbocycles. The Bertz CT molecular complexity index is 503. The third kappa shape index (κ3) is 4.55. The molecular formula is C16H20O4. The molecule has 1 aromatic rings. The van der Waals surface area contributed by atoms with Crippen molar-refractivity contribution in [2.45, 2.75) is 33.2 Å². The average Bonchev–Trinajstić information content (AvgIpc) is 2.39. The molecule has 2 atom stereocenters. The maximum absolute atomic E-state index is 11.5. The van der Waals surface area contributed by atoms with Gasteiger partial charge in [-0.3, -0.25) is 0 Å². The van der Waals surface area contributed by atoms with Crippen LogP contribution in [0.5, 0.6) is 5.75 Å². The zero-order valence-electron chi connectivity index (χ0n) is 12.0. The number of aliphatic hydroxyl groups is 1. The van der Waals surface area contributed by atoms with Gasteiger partial charge in [0, 0.05) is 11.1 Å². The highest BCUT2D eigenvalue weighted by Gasteiger charge is 2.22. The minimum absolute atomic E-state index is 0.251. The maximum atomic E-state index is 11.5. The Morgan fingerprint density at radius 1 is 1.40 bits per heavy atom. The highest BCUT2D eigenvalue weighted by Crippen LogP contribution is 2.22. The fraction of sp³-hybridized carbons (Fsp3) is 0.312. The van der Waals surface area contributed by atoms with E-state index in [1.165, 1.54) is 13.8 Å². The molecule has 0 aromatic heterocycles. The van der Waals surface area contributed by atoms with Crippen LogP contribution >= 0.6 is 0 Å². The van der Waals surface area contributed by atoms with Gasteiger partial charge in [-0.2, -0.15) is 0 Å². The number of allylic oxidation sites excluding steroid dienone is 1. The fourth-order valence-corrected chi connectivity index (χ4v) is 1.46. The summed E-state index contributed by atoms with van der Waals surface area (Å²) in [6.45, 7) is 8.42. The summed E-state index contributed by atoms with van der Waals surface area (Å²) in [4.78, 5) is 11.5. The first-order chi connectivity index (χ1) is 9.45. The molecule has 0 radical (unpaired) electrons. The van der Waals surface area contributed by atoms with Gasteiger partial charge in [-0.05, 0) is 26.8 Å². The van der Waals surface area contributed by atoms with Crippen LogP contribution in [0.2, 0.25) is 0 Å². The summed E-state index contributed by atoms with van der Waals surface area (Å²) < 4.78 is 10.7. The number of hydrogen-bond acceptors (Lipinski definition) is 4. The van der Waals surface area contributed by atoms with Crippen molar-refractivity contribution in [1.82, 2.24) is 0 Å². The zero-order chi connectivity index (χ0) is 15.1. The van der Waals surface area contributed by atoms with Gasteiger partial charge in [0.15, 0.2) is 0 Å². The molecule has 4 nitrogen and oxygen atoms in total. The lowest BCUT2D eigenvalue weighted by Gasteiger charge is -2.22. The van der Waals surface area contributed by atoms with Gasteiger partial charge >= 0.3 is 5.97 Å². The molecule has 0 saturated heterocycles. The number of benzene rings is 1. The van der Waals surface area contributed by atoms with Gasteiger partial charge in [-0.15, -0.1) is 0 Å². The monoisotopic (exact) mass is 276 g/mol. The molecule has 1 N–H and O–H groups in total. The van der Waals surface area contributed by atoms with Gasteiger partial charge < -0.3 is 14.6 Å². The van der Waals surface area contributed by atoms with E-state index in [1.807, 2.05) is 37.3 Å². The molecule has 0 aliphatic heterocycles. The smallest absolute Gasteiger partial charge is 0.336 e. The van der Waals surface area contributed by atoms with Crippen LogP contribution in [0, 0.1) is 0 Å². The normalized spacial score (nSPS) is 13.8. The SMILES string of the molecule is C=C(C)C(=O)OC(Oc1ccccc1/C=C\C)C(C)O. The fourth-order valence-electron chi connectivity index (χ4n) is 1.46. The molecule has 2 unspecified atom stereocenters. The second-order valence-corrected chi connectivity index (χ2v) is 4.45. The zero-order valence-corrected chi connectivity index (χ0v) is 12.0. The van der Waals surface area contributed by atoms with Crippen LogP contribution < -0.4 is 4.74 Å². The van der Waals surface area contributed by atoms with Crippen molar-refractivity contribution in [2.24, 2.45) is 0 Å². The number of esters is 1. The number of aliphatic hydroxyl groups excluding tert-OH is 1. The largest absolute Gasteiger partial charge is 0.451 e. The number of carbonyl (C=O) groups excluding carboxylic acids is 1. The van der Waals surface area contributed by atoms with Gasteiger partial charge in [0.05, 0.1) is 0 Å². The Kier molecular flexibility index (Phi) is 6.00. The lowest BCUT2D eigenvalue weighted by atomic mass is 10.2. The molecule has 0 fully saturated rings. The molecule has 0 aliphatic carbocycles. The first-order valence-corrected chi connectivity index (χ1v) is 6.38. The lowest BCUT2D eigenvalue weighted by Crippen LogP contribution is -2.34. The van der Waals surface area contributed by atoms with E-state index in [0.717, 1.165) is 5.56 Å². The predicted molar refractivity (Wildman–Crippen MR) is 78.2 cm³/mol. The van der Waals surface area contributed by atoms with Crippen molar-refractivity contribution in [3.63, 3.8) is 0 Å². The lowest BCUT2D eigenvalue weighted by molar-refractivity contribution is -0.173. The first kappa shape index (κ1) is 16.0. The third-order valence-corrected chi connectivity index (χ3v) is 2.47. The van der Waals surface area contributed by atoms with Crippen LogP contribution in [-0.4, -0.2) is 23.5 Å². The van der Waals surface area contributed by atoms with E-state index in [2.05, 4.69) is 6.58 Å². The quantitative estimate of drug-likeness (QED) is 0.493. The summed E-state index contributed by atoms with van der Waals surface area (Å²) in [5.41, 5.74) is 1.09. The number of para-hydroxylation sites is 1. The molecule has 1 rings (SSSR count). The molecule has 0 amide bonds. The van der Waals surface area contributed by atoms with Gasteiger partial charge in [0.2, 0.25) is 0 Å². The molecule has 4 heteroatoms. The number of ether oxygens (including phenoxy) is 2. The third-order valence-electron chi connectivity index (χ3n) is 2.47. The summed E-state index contributed by atoms with van der Waals surface area (Å²) in [6, 6.07) is 7.30. The van der Waals surface area contributed by atoms with Crippen LogP contribution in [0.1, 0.15) is 26.3 Å². The van der Waals surface area contributed by atoms with Crippen molar-refractivity contribution >= 4 is 12.0 Å². The van der Waals surface area contributed by atoms with Crippen molar-refractivity contribution in [1.29, 1.82) is 0 Å². The Hall–Kier alpha value is -2.07. The van der Waals surface area contributed by atoms with Crippen molar-refractivity contribution < 1.29 is 19.4 Å². The molecule has 0 bridgehead atoms. The molecule has 0 aliphatic rings. The second kappa shape index (κ2) is 7.50. The van der Waals surface area contributed by atoms with Crippen molar-refractivity contribution in [3.8, 4) is 5.75 Å². The summed E-state index contributed by atoms with van der Waals surface area (Å²) in [5, 5.41) is 9.68. The van der Waals surface area contributed by atoms with E-state index in [1.54, 1.807) is 6.07 Å². The Balaban J connectivity index is 2.91. The van der Waals surface area contributed by atoms with E-state index in [4.69, 9.17) is 9.47 Å². The van der Waals surface area contributed by atoms with E-state index in [0.29, 0.717) is 5.75 Å². The van der Waals surface area contributed by atoms with E-state index in [9.17, 15) is 9.90 Å². The minimum Gasteiger partial charge on any atom is -0.451 e. The molecule has 0 spiro atoms. The summed E-state index contributed by atoms with van der Waals surface area (Å²) in [7, 11) is 0. The van der Waals surface area contributed by atoms with Crippen LogP contribution in [0.15, 0.2) is 42.5 Å². The first-order valence-electron chi connectivity index (χ1n) is 6.38. The topological polar surface area (TPSA) is 55.8 Å². The number of carbonyl (C=O) groups is 1. The molecule has 0 heterocycles. The highest BCUT2D eigenvalue weighted by molar-refractivity contribution is 5.87. The summed E-state index contributed by atoms with van der Waals surface area (Å²) >= 11 is 0. The van der Waals surface area contributed by atoms with E-state index < -0.39 is 18.4 Å². The van der Waals surface area contributed by atoms with Crippen molar-refractivity contribution in [2.75, 3.05) is 0 Å². The number of rotatable bonds is 6. The Morgan fingerprint density at radius 3 is 2.60 bits per heavy atom. The maximum Gasteiger partial charge on any atom is 0.336 e. The van der Waals surface area contributed by atoms with Crippen LogP contribution in [-0.2, 0) is 9.53 Å². The Labute approximate surface area is 119 Å². The van der Waals surface area contributed by atoms with Gasteiger partial charge in [0.1, 0.15) is 11.9 Å². The summed E-state index contributed by atoms with van der Waals surface area (Å²) in [6.07, 6.45) is 1.71. The molecular weight excluding hydrogens is 256 g/mol. The average molecular weight is 276 g/mol. The van der Waals surface area contributed by atoms with Crippen LogP contribution in [0.4, 0.5) is 0 Å². The standard InChI is InChI=1S/C16H20O4/c1-5-8-13-9-6-7-10-14(13)19-16(12(4)17)20-15(18)11(2)3/h5-10,12,16-17H,2H2,1,3-4H3/b8-5-. The van der Waals surface area contributed by atoms with Gasteiger partial charge in [0.25, 0.3) is 6.29 Å². The van der Waals surface area contributed by atoms with Crippen LogP contribution in [0.3, 0.4) is 0 Å². The molecule has 108 valence electrons. The van der Waals surface area contributed by atoms with E-state index >= 15 is 0 Å². The second-order valence-electron chi connectivity index (χ2n) is 4.45. The van der Waals surface area contributed by atoms with Crippen LogP contribution in [0.25, 0.3) is 6.08 Å². The number of hydrogen-bond donors (Lipinski definition) is 1. The molecule has 0 saturated carbocycles. The van der Waals surface area contributed by atoms with Crippen molar-refractivity contribution in [3.05, 3.63) is 48.1 Å². The molecule has 20 heavy (non-hydrogen) atoms. The van der Waals surface area contributed by atoms with E-state index in [-0.39, 0.29) is 5.57 Å². The minimum atomic E-state index is -1.08. The van der Waals surface area contributed by atoms with Gasteiger partial charge in [-0.1, -0.05) is 36.9 Å². The summed E-state index contributed by atoms with van der Waals surface area (Å²) in [5.74, 6) is -0.0644.